The quantitative estimate of drug-likeness (QED) is 0.291. The van der Waals surface area contributed by atoms with Crippen LogP contribution in [-0.2, 0) is 14.3 Å². The number of amides is 1. The lowest BCUT2D eigenvalue weighted by Gasteiger charge is -2.31. The fourth-order valence-corrected chi connectivity index (χ4v) is 3.01. The molecule has 1 aliphatic rings. The first-order chi connectivity index (χ1) is 11.2. The highest BCUT2D eigenvalue weighted by atomic mass is 32.1. The number of carbonyl (C=O) groups excluding carboxylic acids is 1. The highest BCUT2D eigenvalue weighted by Crippen LogP contribution is 2.19. The lowest BCUT2D eigenvalue weighted by molar-refractivity contribution is -0.115. The van der Waals surface area contributed by atoms with Crippen LogP contribution in [-0.4, -0.2) is 54.1 Å². The Balaban J connectivity index is 2.02. The van der Waals surface area contributed by atoms with Crippen molar-refractivity contribution in [3.63, 3.8) is 0 Å². The Morgan fingerprint density at radius 3 is 3.04 bits per heavy atom. The van der Waals surface area contributed by atoms with Crippen molar-refractivity contribution in [2.24, 2.45) is 5.16 Å². The van der Waals surface area contributed by atoms with Crippen LogP contribution < -0.4 is 5.32 Å². The minimum atomic E-state index is -1.03. The number of nitrogens with one attached hydrogen (secondary N) is 1. The molecule has 0 radical (unpaired) electrons. The van der Waals surface area contributed by atoms with E-state index in [0.717, 1.165) is 12.8 Å². The zero-order chi connectivity index (χ0) is 16.7. The summed E-state index contributed by atoms with van der Waals surface area (Å²) >= 11 is 1.36. The molecule has 0 aromatic carbocycles. The van der Waals surface area contributed by atoms with Gasteiger partial charge in [0.15, 0.2) is 5.71 Å². The van der Waals surface area contributed by atoms with Crippen LogP contribution in [0.15, 0.2) is 22.7 Å². The maximum atomic E-state index is 12.5. The molecular weight excluding hydrogens is 319 g/mol. The average molecular weight is 340 g/mol. The summed E-state index contributed by atoms with van der Waals surface area (Å²) in [5.41, 5.74) is 0.123. The van der Waals surface area contributed by atoms with Crippen molar-refractivity contribution in [2.45, 2.75) is 38.2 Å². The zero-order valence-electron chi connectivity index (χ0n) is 13.0. The molecule has 1 aliphatic heterocycles. The van der Waals surface area contributed by atoms with Gasteiger partial charge in [0.1, 0.15) is 6.61 Å². The number of nitrogens with zero attached hydrogens (tertiary/aromatic N) is 1. The van der Waals surface area contributed by atoms with E-state index >= 15 is 0 Å². The zero-order valence-corrected chi connectivity index (χ0v) is 13.8. The van der Waals surface area contributed by atoms with Crippen LogP contribution in [0.2, 0.25) is 0 Å². The summed E-state index contributed by atoms with van der Waals surface area (Å²) in [6.45, 7) is 1.82. The molecule has 2 unspecified atom stereocenters. The summed E-state index contributed by atoms with van der Waals surface area (Å²) in [6, 6.07) is 3.56. The first kappa shape index (κ1) is 17.9. The van der Waals surface area contributed by atoms with Crippen LogP contribution in [0, 0.1) is 0 Å². The third-order valence-corrected chi connectivity index (χ3v) is 4.43. The van der Waals surface area contributed by atoms with Crippen molar-refractivity contribution in [3.05, 3.63) is 22.4 Å². The van der Waals surface area contributed by atoms with Crippen LogP contribution in [0.3, 0.4) is 0 Å². The van der Waals surface area contributed by atoms with E-state index in [1.165, 1.54) is 11.3 Å². The molecule has 23 heavy (non-hydrogen) atoms. The molecule has 1 aromatic heterocycles. The number of hydrogen-bond donors (Lipinski definition) is 3. The molecule has 1 amide bonds. The minimum absolute atomic E-state index is 0.00942. The summed E-state index contributed by atoms with van der Waals surface area (Å²) in [7, 11) is -1.03. The van der Waals surface area contributed by atoms with Crippen molar-refractivity contribution in [1.82, 2.24) is 5.32 Å². The standard InChI is InChI=1S/C14H21BN2O5S/c1-2-10-5-6-12(15(20)22-10)16-14(19)13(17-21-8-7-18)11-4-3-9-23-11/h3-4,9-10,12,18,20H,2,5-8H2,1H3,(H,16,19)/b17-13+. The molecule has 2 rings (SSSR count). The summed E-state index contributed by atoms with van der Waals surface area (Å²) in [5.74, 6) is -0.915. The molecule has 126 valence electrons. The van der Waals surface area contributed by atoms with Gasteiger partial charge in [-0.05, 0) is 30.7 Å². The summed E-state index contributed by atoms with van der Waals surface area (Å²) in [5, 5.41) is 27.1. The van der Waals surface area contributed by atoms with Gasteiger partial charge in [0, 0.05) is 6.10 Å². The maximum Gasteiger partial charge on any atom is 0.478 e. The second-order valence-corrected chi connectivity index (χ2v) is 6.14. The Bertz CT molecular complexity index is 525. The topological polar surface area (TPSA) is 100 Å². The first-order valence-corrected chi connectivity index (χ1v) is 8.52. The molecule has 0 saturated carbocycles. The molecular formula is C14H21BN2O5S. The van der Waals surface area contributed by atoms with E-state index in [1.807, 2.05) is 12.3 Å². The number of carbonyl (C=O) groups is 1. The molecule has 1 fully saturated rings. The van der Waals surface area contributed by atoms with Gasteiger partial charge in [-0.3, -0.25) is 4.79 Å². The lowest BCUT2D eigenvalue weighted by Crippen LogP contribution is -2.54. The summed E-state index contributed by atoms with van der Waals surface area (Å²) in [4.78, 5) is 18.0. The Hall–Kier alpha value is -1.42. The molecule has 1 aromatic rings. The van der Waals surface area contributed by atoms with Crippen LogP contribution in [0.1, 0.15) is 31.1 Å². The average Bonchev–Trinajstić information content (AvgIpc) is 3.07. The lowest BCUT2D eigenvalue weighted by atomic mass is 9.72. The van der Waals surface area contributed by atoms with Crippen LogP contribution >= 0.6 is 11.3 Å². The monoisotopic (exact) mass is 340 g/mol. The summed E-state index contributed by atoms with van der Waals surface area (Å²) in [6.07, 6.45) is 2.27. The van der Waals surface area contributed by atoms with Crippen molar-refractivity contribution in [2.75, 3.05) is 13.2 Å². The smallest absolute Gasteiger partial charge is 0.426 e. The largest absolute Gasteiger partial charge is 0.478 e. The van der Waals surface area contributed by atoms with Gasteiger partial charge >= 0.3 is 7.12 Å². The fourth-order valence-electron chi connectivity index (χ4n) is 2.31. The second-order valence-electron chi connectivity index (χ2n) is 5.19. The van der Waals surface area contributed by atoms with Gasteiger partial charge in [-0.25, -0.2) is 0 Å². The number of aliphatic hydroxyl groups is 1. The predicted octanol–water partition coefficient (Wildman–Crippen LogP) is 0.555. The van der Waals surface area contributed by atoms with Gasteiger partial charge in [-0.15, -0.1) is 11.3 Å². The van der Waals surface area contributed by atoms with E-state index in [0.29, 0.717) is 11.3 Å². The highest BCUT2D eigenvalue weighted by Gasteiger charge is 2.36. The van der Waals surface area contributed by atoms with E-state index in [9.17, 15) is 9.82 Å². The highest BCUT2D eigenvalue weighted by molar-refractivity contribution is 7.13. The molecule has 0 spiro atoms. The number of rotatable bonds is 7. The normalized spacial score (nSPS) is 22.0. The van der Waals surface area contributed by atoms with E-state index in [2.05, 4.69) is 10.5 Å². The Morgan fingerprint density at radius 1 is 1.61 bits per heavy atom. The van der Waals surface area contributed by atoms with Gasteiger partial charge < -0.3 is 24.9 Å². The SMILES string of the molecule is CCC1CCC(NC(=O)/C(=N/OCCO)c2cccs2)B(O)O1. The number of aliphatic hydroxyl groups excluding tert-OH is 1. The van der Waals surface area contributed by atoms with Crippen LogP contribution in [0.25, 0.3) is 0 Å². The molecule has 7 nitrogen and oxygen atoms in total. The summed E-state index contributed by atoms with van der Waals surface area (Å²) < 4.78 is 5.46. The van der Waals surface area contributed by atoms with Crippen molar-refractivity contribution in [3.8, 4) is 0 Å². The van der Waals surface area contributed by atoms with Gasteiger partial charge in [0.2, 0.25) is 0 Å². The third-order valence-electron chi connectivity index (χ3n) is 3.56. The molecule has 0 bridgehead atoms. The van der Waals surface area contributed by atoms with E-state index in [-0.39, 0.29) is 25.0 Å². The first-order valence-electron chi connectivity index (χ1n) is 7.64. The molecule has 9 heteroatoms. The van der Waals surface area contributed by atoms with Crippen molar-refractivity contribution < 1.29 is 24.4 Å². The fraction of sp³-hybridized carbons (Fsp3) is 0.571. The number of thiophene rings is 1. The van der Waals surface area contributed by atoms with E-state index in [1.54, 1.807) is 12.1 Å². The van der Waals surface area contributed by atoms with Gasteiger partial charge in [-0.2, -0.15) is 0 Å². The second kappa shape index (κ2) is 9.02. The molecule has 2 atom stereocenters. The van der Waals surface area contributed by atoms with Crippen LogP contribution in [0.5, 0.6) is 0 Å². The molecule has 3 N–H and O–H groups in total. The van der Waals surface area contributed by atoms with Crippen molar-refractivity contribution in [1.29, 1.82) is 0 Å². The van der Waals surface area contributed by atoms with Crippen LogP contribution in [0.4, 0.5) is 0 Å². The predicted molar refractivity (Wildman–Crippen MR) is 88.2 cm³/mol. The Kier molecular flexibility index (Phi) is 7.03. The van der Waals surface area contributed by atoms with Crippen molar-refractivity contribution >= 4 is 30.1 Å². The van der Waals surface area contributed by atoms with Gasteiger partial charge in [-0.1, -0.05) is 18.1 Å². The third kappa shape index (κ3) is 5.03. The minimum Gasteiger partial charge on any atom is -0.426 e. The van der Waals surface area contributed by atoms with E-state index < -0.39 is 19.0 Å². The Morgan fingerprint density at radius 2 is 2.43 bits per heavy atom. The van der Waals surface area contributed by atoms with Gasteiger partial charge in [0.05, 0.1) is 17.4 Å². The van der Waals surface area contributed by atoms with Gasteiger partial charge in [0.25, 0.3) is 5.91 Å². The molecule has 2 heterocycles. The number of oxime groups is 1. The Labute approximate surface area is 139 Å². The number of hydrogen-bond acceptors (Lipinski definition) is 7. The molecule has 0 aliphatic carbocycles. The molecule has 1 saturated heterocycles. The maximum absolute atomic E-state index is 12.5. The van der Waals surface area contributed by atoms with E-state index in [4.69, 9.17) is 14.6 Å².